The number of carbonyl (C=O) groups is 4. The molecule has 1 radical (unpaired) electrons. The van der Waals surface area contributed by atoms with Crippen molar-refractivity contribution in [1.29, 1.82) is 0 Å². The van der Waals surface area contributed by atoms with Gasteiger partial charge in [-0.3, -0.25) is 14.4 Å². The molecule has 0 saturated carbocycles. The first-order valence-electron chi connectivity index (χ1n) is 11.1. The van der Waals surface area contributed by atoms with Gasteiger partial charge < -0.3 is 38.8 Å². The first-order chi connectivity index (χ1) is 18.1. The van der Waals surface area contributed by atoms with Gasteiger partial charge in [-0.15, -0.1) is 0 Å². The molecule has 13 nitrogen and oxygen atoms in total. The Hall–Kier alpha value is -3.53. The number of ether oxygens (including phenoxy) is 4. The first-order valence-corrected chi connectivity index (χ1v) is 11.1. The monoisotopic (exact) mass is 560 g/mol. The third kappa shape index (κ3) is 6.55. The van der Waals surface area contributed by atoms with Gasteiger partial charge in [-0.25, -0.2) is 18.4 Å². The number of carboxylic acids is 1. The standard InChI is InChI=1S/C23H21F2N3O10.Na/c1-11-8-35-16-7-27-6-14(21(32)26-5-12-2-3-13(24)4-15(12)25)19(31)20(18(27)22(33)28(11)16)37-10-38-23(34)36-9-17(29)30;/h2-4,6,11,16H,5,7-10H2,1H3,(H,26,32)(H,29,30);/t11-,16+;/m0./s1. The van der Waals surface area contributed by atoms with Crippen LogP contribution in [0.2, 0.25) is 0 Å². The summed E-state index contributed by atoms with van der Waals surface area (Å²) in [6.45, 7) is -0.291. The maximum absolute atomic E-state index is 14.0. The van der Waals surface area contributed by atoms with E-state index in [-0.39, 0.29) is 66.6 Å². The topological polar surface area (TPSA) is 163 Å². The van der Waals surface area contributed by atoms with Crippen LogP contribution in [-0.4, -0.2) is 100 Å². The molecule has 2 aliphatic rings. The Bertz CT molecular complexity index is 1370. The number of rotatable bonds is 8. The SMILES string of the molecule is C[C@H]1CO[C@@H]2Cn3cc(C(=O)NCc4ccc(F)cc4F)c(=O)c(OCOC(=O)OCC(=O)O)c3C(=O)N12.[Na]. The van der Waals surface area contributed by atoms with Crippen molar-refractivity contribution in [2.75, 3.05) is 20.0 Å². The summed E-state index contributed by atoms with van der Waals surface area (Å²) in [5.74, 6) is -5.33. The van der Waals surface area contributed by atoms with E-state index in [2.05, 4.69) is 14.8 Å². The van der Waals surface area contributed by atoms with Crippen molar-refractivity contribution in [3.05, 3.63) is 63.1 Å². The van der Waals surface area contributed by atoms with E-state index in [1.54, 1.807) is 6.92 Å². The number of halogens is 2. The molecule has 2 aromatic rings. The molecule has 2 amide bonds. The molecule has 4 rings (SSSR count). The summed E-state index contributed by atoms with van der Waals surface area (Å²) >= 11 is 0. The summed E-state index contributed by atoms with van der Waals surface area (Å²) in [5, 5.41) is 10.9. The van der Waals surface area contributed by atoms with Crippen LogP contribution >= 0.6 is 0 Å². The maximum Gasteiger partial charge on any atom is 0.511 e. The zero-order valence-electron chi connectivity index (χ0n) is 20.8. The summed E-state index contributed by atoms with van der Waals surface area (Å²) in [4.78, 5) is 62.8. The second kappa shape index (κ2) is 12.5. The van der Waals surface area contributed by atoms with Gasteiger partial charge in [-0.1, -0.05) is 6.07 Å². The molecule has 2 N–H and O–H groups in total. The second-order valence-electron chi connectivity index (χ2n) is 8.31. The van der Waals surface area contributed by atoms with E-state index in [0.717, 1.165) is 18.3 Å². The summed E-state index contributed by atoms with van der Waals surface area (Å²) in [5.41, 5.74) is -1.78. The van der Waals surface area contributed by atoms with Crippen LogP contribution in [0, 0.1) is 11.6 Å². The predicted octanol–water partition coefficient (Wildman–Crippen LogP) is 0.450. The molecule has 2 aliphatic heterocycles. The molecular weight excluding hydrogens is 539 g/mol. The van der Waals surface area contributed by atoms with Crippen LogP contribution in [-0.2, 0) is 32.1 Å². The quantitative estimate of drug-likeness (QED) is 0.263. The average molecular weight is 560 g/mol. The smallest absolute Gasteiger partial charge is 0.479 e. The van der Waals surface area contributed by atoms with Crippen molar-refractivity contribution in [2.24, 2.45) is 0 Å². The minimum atomic E-state index is -1.43. The number of hydrogen-bond acceptors (Lipinski definition) is 9. The zero-order chi connectivity index (χ0) is 27.6. The van der Waals surface area contributed by atoms with Crippen molar-refractivity contribution in [2.45, 2.75) is 32.3 Å². The first kappa shape index (κ1) is 30.0. The fraction of sp³-hybridized carbons (Fsp3) is 0.348. The number of pyridine rings is 1. The third-order valence-corrected chi connectivity index (χ3v) is 5.74. The van der Waals surface area contributed by atoms with Gasteiger partial charge in [-0.2, -0.15) is 0 Å². The number of hydrogen-bond donors (Lipinski definition) is 2. The number of amides is 2. The second-order valence-corrected chi connectivity index (χ2v) is 8.31. The molecule has 16 heteroatoms. The summed E-state index contributed by atoms with van der Waals surface area (Å²) in [7, 11) is 0. The van der Waals surface area contributed by atoms with Crippen molar-refractivity contribution in [3.8, 4) is 5.75 Å². The zero-order valence-corrected chi connectivity index (χ0v) is 22.8. The molecular formula is C23H21F2N3NaO10. The van der Waals surface area contributed by atoms with Crippen LogP contribution < -0.4 is 15.5 Å². The van der Waals surface area contributed by atoms with Crippen LogP contribution in [0.5, 0.6) is 5.75 Å². The third-order valence-electron chi connectivity index (χ3n) is 5.74. The minimum Gasteiger partial charge on any atom is -0.479 e. The van der Waals surface area contributed by atoms with Crippen molar-refractivity contribution in [1.82, 2.24) is 14.8 Å². The number of aliphatic carboxylic acids is 1. The van der Waals surface area contributed by atoms with Gasteiger partial charge in [0.05, 0.1) is 19.2 Å². The number of benzene rings is 1. The molecule has 0 unspecified atom stereocenters. The van der Waals surface area contributed by atoms with Crippen LogP contribution in [0.25, 0.3) is 0 Å². The Kier molecular flexibility index (Phi) is 9.66. The van der Waals surface area contributed by atoms with Gasteiger partial charge >= 0.3 is 12.1 Å². The molecule has 39 heavy (non-hydrogen) atoms. The number of carboxylic acid groups (broad SMARTS) is 1. The molecule has 203 valence electrons. The van der Waals surface area contributed by atoms with E-state index in [9.17, 15) is 32.8 Å². The van der Waals surface area contributed by atoms with Crippen LogP contribution in [0.4, 0.5) is 13.6 Å². The number of nitrogens with one attached hydrogen (secondary N) is 1. The van der Waals surface area contributed by atoms with Gasteiger partial charge in [0.15, 0.2) is 18.5 Å². The molecule has 0 spiro atoms. The van der Waals surface area contributed by atoms with E-state index >= 15 is 0 Å². The van der Waals surface area contributed by atoms with Crippen molar-refractivity contribution < 1.29 is 52.0 Å². The van der Waals surface area contributed by atoms with Gasteiger partial charge in [0.2, 0.25) is 18.0 Å². The van der Waals surface area contributed by atoms with Gasteiger partial charge in [0.25, 0.3) is 11.8 Å². The van der Waals surface area contributed by atoms with E-state index in [1.165, 1.54) is 9.47 Å². The van der Waals surface area contributed by atoms with E-state index in [1.807, 2.05) is 0 Å². The number of aromatic nitrogens is 1. The van der Waals surface area contributed by atoms with Crippen molar-refractivity contribution >= 4 is 53.5 Å². The predicted molar refractivity (Wildman–Crippen MR) is 125 cm³/mol. The molecule has 0 aliphatic carbocycles. The average Bonchev–Trinajstić information content (AvgIpc) is 3.23. The normalized spacial score (nSPS) is 17.4. The summed E-state index contributed by atoms with van der Waals surface area (Å²) in [6.07, 6.45) is -0.957. The molecule has 3 heterocycles. The Morgan fingerprint density at radius 2 is 1.95 bits per heavy atom. The van der Waals surface area contributed by atoms with E-state index < -0.39 is 71.9 Å². The fourth-order valence-corrected chi connectivity index (χ4v) is 3.99. The van der Waals surface area contributed by atoms with Crippen LogP contribution in [0.1, 0.15) is 33.3 Å². The Balaban J connectivity index is 0.00000420. The Labute approximate surface area is 240 Å². The summed E-state index contributed by atoms with van der Waals surface area (Å²) in [6, 6.07) is 2.46. The maximum atomic E-state index is 14.0. The Morgan fingerprint density at radius 3 is 2.64 bits per heavy atom. The van der Waals surface area contributed by atoms with E-state index in [0.29, 0.717) is 6.07 Å². The van der Waals surface area contributed by atoms with Gasteiger partial charge in [0, 0.05) is 53.9 Å². The van der Waals surface area contributed by atoms with Crippen LogP contribution in [0.3, 0.4) is 0 Å². The van der Waals surface area contributed by atoms with Gasteiger partial charge in [0.1, 0.15) is 17.2 Å². The minimum absolute atomic E-state index is 0. The van der Waals surface area contributed by atoms with Crippen molar-refractivity contribution in [3.63, 3.8) is 0 Å². The Morgan fingerprint density at radius 1 is 1.21 bits per heavy atom. The molecule has 0 bridgehead atoms. The van der Waals surface area contributed by atoms with Gasteiger partial charge in [-0.05, 0) is 13.0 Å². The molecule has 1 saturated heterocycles. The summed E-state index contributed by atoms with van der Waals surface area (Å²) < 4.78 is 48.2. The van der Waals surface area contributed by atoms with E-state index in [4.69, 9.17) is 14.6 Å². The molecule has 1 fully saturated rings. The fourth-order valence-electron chi connectivity index (χ4n) is 3.99. The number of nitrogens with zero attached hydrogens (tertiary/aromatic N) is 2. The largest absolute Gasteiger partial charge is 0.511 e. The number of fused-ring (bicyclic) bond motifs is 2. The number of carbonyl (C=O) groups excluding carboxylic acids is 3. The van der Waals surface area contributed by atoms with Crippen LogP contribution in [0.15, 0.2) is 29.2 Å². The molecule has 1 aromatic carbocycles. The molecule has 2 atom stereocenters. The molecule has 1 aromatic heterocycles.